The molecule has 0 spiro atoms. The van der Waals surface area contributed by atoms with Crippen molar-refractivity contribution in [1.29, 1.82) is 0 Å². The number of hydrogen-bond donors (Lipinski definition) is 4. The van der Waals surface area contributed by atoms with Crippen molar-refractivity contribution in [3.63, 3.8) is 0 Å². The van der Waals surface area contributed by atoms with Crippen molar-refractivity contribution in [2.24, 2.45) is 10.9 Å². The summed E-state index contributed by atoms with van der Waals surface area (Å²) < 4.78 is 0. The van der Waals surface area contributed by atoms with Gasteiger partial charge < -0.3 is 15.7 Å². The molecule has 1 saturated heterocycles. The number of H-pyrrole nitrogens is 1. The maximum absolute atomic E-state index is 4.60. The molecular formula is C18H20N8. The zero-order valence-corrected chi connectivity index (χ0v) is 14.2. The number of rotatable bonds is 5. The maximum Gasteiger partial charge on any atom is 0.224 e. The van der Waals surface area contributed by atoms with Gasteiger partial charge in [-0.15, -0.1) is 0 Å². The fourth-order valence-electron chi connectivity index (χ4n) is 3.24. The van der Waals surface area contributed by atoms with Gasteiger partial charge in [0.2, 0.25) is 5.95 Å². The average Bonchev–Trinajstić information content (AvgIpc) is 3.23. The Kier molecular flexibility index (Phi) is 3.75. The molecule has 1 aliphatic carbocycles. The predicted octanol–water partition coefficient (Wildman–Crippen LogP) is 2.27. The molecule has 4 heterocycles. The van der Waals surface area contributed by atoms with Crippen molar-refractivity contribution in [3.05, 3.63) is 42.4 Å². The van der Waals surface area contributed by atoms with Crippen molar-refractivity contribution in [3.8, 4) is 0 Å². The molecule has 8 nitrogen and oxygen atoms in total. The first-order chi connectivity index (χ1) is 12.8. The van der Waals surface area contributed by atoms with E-state index >= 15 is 0 Å². The summed E-state index contributed by atoms with van der Waals surface area (Å²) in [5.41, 5.74) is 8.46. The highest BCUT2D eigenvalue weighted by molar-refractivity contribution is 5.86. The number of aliphatic imine (C=N–C) groups is 1. The molecule has 2 fully saturated rings. The van der Waals surface area contributed by atoms with Crippen molar-refractivity contribution < 1.29 is 0 Å². The summed E-state index contributed by atoms with van der Waals surface area (Å²) in [4.78, 5) is 20.9. The van der Waals surface area contributed by atoms with Gasteiger partial charge in [0.15, 0.2) is 5.82 Å². The summed E-state index contributed by atoms with van der Waals surface area (Å²) >= 11 is 0. The summed E-state index contributed by atoms with van der Waals surface area (Å²) in [6.07, 6.45) is 9.03. The van der Waals surface area contributed by atoms with Gasteiger partial charge in [0, 0.05) is 49.1 Å². The maximum atomic E-state index is 4.60. The summed E-state index contributed by atoms with van der Waals surface area (Å²) in [5.74, 6) is 2.95. The lowest BCUT2D eigenvalue weighted by Crippen LogP contribution is -2.32. The highest BCUT2D eigenvalue weighted by Gasteiger charge is 2.35. The van der Waals surface area contributed by atoms with Crippen molar-refractivity contribution in [2.45, 2.75) is 31.8 Å². The molecular weight excluding hydrogens is 328 g/mol. The molecule has 4 N–H and O–H groups in total. The van der Waals surface area contributed by atoms with Gasteiger partial charge in [-0.25, -0.2) is 20.4 Å². The number of amidine groups is 1. The Morgan fingerprint density at radius 2 is 2.19 bits per heavy atom. The minimum Gasteiger partial charge on any atom is -0.350 e. The molecule has 26 heavy (non-hydrogen) atoms. The van der Waals surface area contributed by atoms with Gasteiger partial charge in [0.1, 0.15) is 11.5 Å². The standard InChI is InChI=1S/C18H20N8/c1-2-12(1)14-8-16(26-25-14)23-15-4-6-20-18(24-15)22-10-11-7-13-3-5-19-17(13)21-9-11/h3-7,9,12,14,25H,1-2,8,10H2,(H,19,21)(H2,20,22,23,24,26). The molecule has 1 atom stereocenters. The lowest BCUT2D eigenvalue weighted by molar-refractivity contribution is 0.504. The van der Waals surface area contributed by atoms with E-state index in [0.717, 1.165) is 34.8 Å². The molecule has 8 heteroatoms. The van der Waals surface area contributed by atoms with Gasteiger partial charge in [-0.05, 0) is 36.5 Å². The lowest BCUT2D eigenvalue weighted by Gasteiger charge is -2.05. The molecule has 132 valence electrons. The molecule has 0 amide bonds. The van der Waals surface area contributed by atoms with E-state index < -0.39 is 0 Å². The summed E-state index contributed by atoms with van der Waals surface area (Å²) in [7, 11) is 0. The van der Waals surface area contributed by atoms with Gasteiger partial charge in [-0.3, -0.25) is 0 Å². The fraction of sp³-hybridized carbons (Fsp3) is 0.333. The van der Waals surface area contributed by atoms with E-state index in [4.69, 9.17) is 0 Å². The molecule has 1 saturated carbocycles. The number of anilines is 1. The van der Waals surface area contributed by atoms with E-state index in [1.807, 2.05) is 24.5 Å². The highest BCUT2D eigenvalue weighted by Crippen LogP contribution is 2.35. The second-order valence-electron chi connectivity index (χ2n) is 6.83. The molecule has 3 aromatic rings. The monoisotopic (exact) mass is 348 g/mol. The predicted molar refractivity (Wildman–Crippen MR) is 99.9 cm³/mol. The van der Waals surface area contributed by atoms with Crippen molar-refractivity contribution in [2.75, 3.05) is 5.32 Å². The molecule has 2 aliphatic rings. The van der Waals surface area contributed by atoms with Gasteiger partial charge in [0.05, 0.1) is 0 Å². The molecule has 0 bridgehead atoms. The number of nitrogens with one attached hydrogen (secondary N) is 4. The quantitative estimate of drug-likeness (QED) is 0.564. The molecule has 0 radical (unpaired) electrons. The Hall–Kier alpha value is -3.00. The minimum absolute atomic E-state index is 0.504. The number of fused-ring (bicyclic) bond motifs is 1. The van der Waals surface area contributed by atoms with Crippen molar-refractivity contribution in [1.82, 2.24) is 30.8 Å². The van der Waals surface area contributed by atoms with E-state index in [1.54, 1.807) is 6.20 Å². The summed E-state index contributed by atoms with van der Waals surface area (Å²) in [6.45, 7) is 0.609. The minimum atomic E-state index is 0.504. The van der Waals surface area contributed by atoms with Gasteiger partial charge >= 0.3 is 0 Å². The van der Waals surface area contributed by atoms with Crippen LogP contribution >= 0.6 is 0 Å². The third kappa shape index (κ3) is 3.23. The van der Waals surface area contributed by atoms with E-state index in [9.17, 15) is 0 Å². The Morgan fingerprint density at radius 3 is 3.12 bits per heavy atom. The van der Waals surface area contributed by atoms with E-state index in [2.05, 4.69) is 47.2 Å². The van der Waals surface area contributed by atoms with Crippen LogP contribution < -0.4 is 16.2 Å². The highest BCUT2D eigenvalue weighted by atomic mass is 15.4. The Bertz CT molecular complexity index is 958. The number of nitrogens with zero attached hydrogens (tertiary/aromatic N) is 4. The van der Waals surface area contributed by atoms with Crippen LogP contribution in [0.4, 0.5) is 11.8 Å². The van der Waals surface area contributed by atoms with E-state index in [1.165, 1.54) is 12.8 Å². The number of hydrogen-bond acceptors (Lipinski definition) is 6. The van der Waals surface area contributed by atoms with Crippen LogP contribution in [0.3, 0.4) is 0 Å². The van der Waals surface area contributed by atoms with Gasteiger partial charge in [0.25, 0.3) is 0 Å². The second kappa shape index (κ2) is 6.38. The third-order valence-corrected chi connectivity index (χ3v) is 4.80. The van der Waals surface area contributed by atoms with Crippen LogP contribution in [0.25, 0.3) is 11.0 Å². The van der Waals surface area contributed by atoms with E-state index in [0.29, 0.717) is 24.4 Å². The normalized spacial score (nSPS) is 21.2. The molecule has 5 rings (SSSR count). The molecule has 1 unspecified atom stereocenters. The van der Waals surface area contributed by atoms with Crippen molar-refractivity contribution >= 4 is 28.6 Å². The lowest BCUT2D eigenvalue weighted by atomic mass is 10.1. The van der Waals surface area contributed by atoms with Gasteiger partial charge in [-0.1, -0.05) is 0 Å². The third-order valence-electron chi connectivity index (χ3n) is 4.80. The molecule has 0 aromatic carbocycles. The Balaban J connectivity index is 1.26. The number of pyridine rings is 1. The number of aromatic amines is 1. The number of aromatic nitrogens is 4. The van der Waals surface area contributed by atoms with Crippen LogP contribution in [-0.2, 0) is 6.54 Å². The van der Waals surface area contributed by atoms with Crippen LogP contribution in [0.5, 0.6) is 0 Å². The van der Waals surface area contributed by atoms with E-state index in [-0.39, 0.29) is 0 Å². The van der Waals surface area contributed by atoms with Crippen LogP contribution in [0.1, 0.15) is 24.8 Å². The molecule has 3 aromatic heterocycles. The van der Waals surface area contributed by atoms with Gasteiger partial charge in [-0.2, -0.15) is 4.98 Å². The summed E-state index contributed by atoms with van der Waals surface area (Å²) in [6, 6.07) is 6.43. The molecule has 1 aliphatic heterocycles. The first-order valence-electron chi connectivity index (χ1n) is 8.91. The van der Waals surface area contributed by atoms with Crippen LogP contribution in [-0.4, -0.2) is 31.8 Å². The van der Waals surface area contributed by atoms with Crippen LogP contribution in [0.15, 0.2) is 41.8 Å². The number of hydrazine groups is 1. The largest absolute Gasteiger partial charge is 0.350 e. The first-order valence-corrected chi connectivity index (χ1v) is 8.91. The Labute approximate surface area is 150 Å². The second-order valence-corrected chi connectivity index (χ2v) is 6.83. The zero-order chi connectivity index (χ0) is 17.3. The topological polar surface area (TPSA) is 103 Å². The average molecular weight is 348 g/mol. The summed E-state index contributed by atoms with van der Waals surface area (Å²) in [5, 5.41) is 4.34. The smallest absolute Gasteiger partial charge is 0.224 e. The fourth-order valence-corrected chi connectivity index (χ4v) is 3.24. The SMILES string of the molecule is c1cc(N=C2CC(C3CC3)NN2)nc(NCc2cnc3[nH]ccc3c2)n1. The Morgan fingerprint density at radius 1 is 1.23 bits per heavy atom. The van der Waals surface area contributed by atoms with Crippen LogP contribution in [0, 0.1) is 5.92 Å². The first kappa shape index (κ1) is 15.3. The van der Waals surface area contributed by atoms with Crippen LogP contribution in [0.2, 0.25) is 0 Å². The zero-order valence-electron chi connectivity index (χ0n) is 14.2.